The molecule has 2 aliphatic carbocycles. The van der Waals surface area contributed by atoms with Gasteiger partial charge in [0.1, 0.15) is 5.92 Å². The Morgan fingerprint density at radius 3 is 2.76 bits per heavy atom. The first kappa shape index (κ1) is 18.2. The molecule has 29 heavy (non-hydrogen) atoms. The Kier molecular flexibility index (Phi) is 3.66. The second kappa shape index (κ2) is 5.83. The van der Waals surface area contributed by atoms with Crippen molar-refractivity contribution in [3.63, 3.8) is 0 Å². The molecule has 0 aromatic carbocycles. The highest BCUT2D eigenvalue weighted by atomic mass is 19.3. The first-order valence-corrected chi connectivity index (χ1v) is 9.42. The molecule has 2 aromatic rings. The number of fused-ring (bicyclic) bond motifs is 1. The second-order valence-corrected chi connectivity index (χ2v) is 8.22. The quantitative estimate of drug-likeness (QED) is 0.784. The van der Waals surface area contributed by atoms with Crippen molar-refractivity contribution in [3.05, 3.63) is 24.4 Å². The zero-order valence-electron chi connectivity index (χ0n) is 15.9. The third-order valence-electron chi connectivity index (χ3n) is 6.32. The summed E-state index contributed by atoms with van der Waals surface area (Å²) >= 11 is 0. The fourth-order valence-corrected chi connectivity index (χ4v) is 4.40. The molecule has 3 aliphatic rings. The van der Waals surface area contributed by atoms with Gasteiger partial charge in [0, 0.05) is 38.7 Å². The summed E-state index contributed by atoms with van der Waals surface area (Å²) in [5.74, 6) is -4.78. The molecule has 4 atom stereocenters. The molecule has 8 nitrogen and oxygen atoms in total. The summed E-state index contributed by atoms with van der Waals surface area (Å²) in [4.78, 5) is 22.2. The Morgan fingerprint density at radius 2 is 2.10 bits per heavy atom. The van der Waals surface area contributed by atoms with Gasteiger partial charge in [-0.3, -0.25) is 9.48 Å². The van der Waals surface area contributed by atoms with E-state index in [9.17, 15) is 18.0 Å². The van der Waals surface area contributed by atoms with Crippen molar-refractivity contribution in [2.75, 3.05) is 23.3 Å². The van der Waals surface area contributed by atoms with Gasteiger partial charge in [-0.05, 0) is 5.92 Å². The molecule has 0 radical (unpaired) electrons. The highest BCUT2D eigenvalue weighted by molar-refractivity contribution is 5.84. The molecule has 154 valence electrons. The number of piperidine rings is 1. The van der Waals surface area contributed by atoms with E-state index >= 15 is 0 Å². The molecule has 1 amide bonds. The summed E-state index contributed by atoms with van der Waals surface area (Å²) in [6.07, 6.45) is 4.01. The van der Waals surface area contributed by atoms with E-state index in [1.807, 2.05) is 6.92 Å². The maximum atomic E-state index is 14.4. The SMILES string of the molecule is C[C@H]1[C@H]2CN(c3nc(Nc4cnn(C)c4)ncc3F)C[C@]21NC(=O)C1CC1(F)F. The van der Waals surface area contributed by atoms with Gasteiger partial charge in [-0.15, -0.1) is 0 Å². The van der Waals surface area contributed by atoms with Crippen molar-refractivity contribution >= 4 is 23.4 Å². The first-order chi connectivity index (χ1) is 13.7. The average Bonchev–Trinajstić information content (AvgIpc) is 3.24. The molecular formula is C18H20F3N7O. The number of nitrogens with one attached hydrogen (secondary N) is 2. The number of halogens is 3. The highest BCUT2D eigenvalue weighted by Crippen LogP contribution is 2.57. The van der Waals surface area contributed by atoms with Gasteiger partial charge in [0.15, 0.2) is 11.6 Å². The number of hydrogen-bond donors (Lipinski definition) is 2. The van der Waals surface area contributed by atoms with Crippen LogP contribution in [0.25, 0.3) is 0 Å². The minimum atomic E-state index is -2.90. The van der Waals surface area contributed by atoms with Crippen LogP contribution in [0, 0.1) is 23.6 Å². The first-order valence-electron chi connectivity index (χ1n) is 9.42. The smallest absolute Gasteiger partial charge is 0.260 e. The van der Waals surface area contributed by atoms with E-state index < -0.39 is 35.5 Å². The van der Waals surface area contributed by atoms with E-state index in [-0.39, 0.29) is 23.6 Å². The van der Waals surface area contributed by atoms with Crippen molar-refractivity contribution in [1.29, 1.82) is 0 Å². The third kappa shape index (κ3) is 2.90. The van der Waals surface area contributed by atoms with E-state index in [0.717, 1.165) is 6.20 Å². The number of alkyl halides is 2. The molecule has 5 rings (SSSR count). The molecule has 1 saturated heterocycles. The van der Waals surface area contributed by atoms with E-state index in [1.165, 1.54) is 0 Å². The summed E-state index contributed by atoms with van der Waals surface area (Å²) in [5.41, 5.74) is 0.0569. The zero-order valence-corrected chi connectivity index (χ0v) is 15.9. The number of rotatable bonds is 5. The van der Waals surface area contributed by atoms with Gasteiger partial charge in [-0.25, -0.2) is 18.2 Å². The summed E-state index contributed by atoms with van der Waals surface area (Å²) in [5, 5.41) is 9.83. The van der Waals surface area contributed by atoms with Gasteiger partial charge in [0.25, 0.3) is 5.92 Å². The molecule has 2 aromatic heterocycles. The van der Waals surface area contributed by atoms with Crippen LogP contribution in [-0.2, 0) is 11.8 Å². The fraction of sp³-hybridized carbons (Fsp3) is 0.556. The van der Waals surface area contributed by atoms with Crippen LogP contribution in [0.5, 0.6) is 0 Å². The van der Waals surface area contributed by atoms with Crippen molar-refractivity contribution in [3.8, 4) is 0 Å². The fourth-order valence-electron chi connectivity index (χ4n) is 4.40. The lowest BCUT2D eigenvalue weighted by Gasteiger charge is -2.25. The van der Waals surface area contributed by atoms with Crippen molar-refractivity contribution in [2.45, 2.75) is 24.8 Å². The maximum absolute atomic E-state index is 14.4. The number of carbonyl (C=O) groups is 1. The normalized spacial score (nSPS) is 31.3. The molecule has 0 spiro atoms. The van der Waals surface area contributed by atoms with Crippen LogP contribution >= 0.6 is 0 Å². The van der Waals surface area contributed by atoms with Crippen LogP contribution in [0.1, 0.15) is 13.3 Å². The topological polar surface area (TPSA) is 88.0 Å². The summed E-state index contributed by atoms with van der Waals surface area (Å²) < 4.78 is 42.5. The van der Waals surface area contributed by atoms with Crippen LogP contribution in [0.3, 0.4) is 0 Å². The lowest BCUT2D eigenvalue weighted by molar-refractivity contribution is -0.125. The van der Waals surface area contributed by atoms with Gasteiger partial charge < -0.3 is 15.5 Å². The summed E-state index contributed by atoms with van der Waals surface area (Å²) in [6, 6.07) is 0. The van der Waals surface area contributed by atoms with E-state index in [0.29, 0.717) is 18.8 Å². The predicted octanol–water partition coefficient (Wildman–Crippen LogP) is 1.69. The molecule has 11 heteroatoms. The molecule has 3 heterocycles. The van der Waals surface area contributed by atoms with Crippen LogP contribution < -0.4 is 15.5 Å². The van der Waals surface area contributed by atoms with Gasteiger partial charge >= 0.3 is 0 Å². The van der Waals surface area contributed by atoms with E-state index in [1.54, 1.807) is 29.0 Å². The Hall–Kier alpha value is -2.85. The van der Waals surface area contributed by atoms with Gasteiger partial charge in [0.05, 0.1) is 23.6 Å². The summed E-state index contributed by atoms with van der Waals surface area (Å²) in [7, 11) is 1.77. The van der Waals surface area contributed by atoms with Crippen molar-refractivity contribution in [2.24, 2.45) is 24.8 Å². The minimum Gasteiger partial charge on any atom is -0.351 e. The van der Waals surface area contributed by atoms with Crippen LogP contribution in [-0.4, -0.2) is 50.2 Å². The molecule has 2 N–H and O–H groups in total. The molecule has 3 fully saturated rings. The number of carbonyl (C=O) groups excluding carboxylic acids is 1. The monoisotopic (exact) mass is 407 g/mol. The van der Waals surface area contributed by atoms with Gasteiger partial charge in [-0.2, -0.15) is 10.1 Å². The number of aryl methyl sites for hydroxylation is 1. The van der Waals surface area contributed by atoms with E-state index in [4.69, 9.17) is 0 Å². The molecule has 1 unspecified atom stereocenters. The third-order valence-corrected chi connectivity index (χ3v) is 6.32. The molecule has 0 bridgehead atoms. The Balaban J connectivity index is 1.32. The average molecular weight is 407 g/mol. The number of nitrogens with zero attached hydrogens (tertiary/aromatic N) is 5. The molecular weight excluding hydrogens is 387 g/mol. The Morgan fingerprint density at radius 1 is 1.34 bits per heavy atom. The van der Waals surface area contributed by atoms with Gasteiger partial charge in [0.2, 0.25) is 11.9 Å². The number of hydrogen-bond acceptors (Lipinski definition) is 6. The lowest BCUT2D eigenvalue weighted by atomic mass is 10.2. The number of aromatic nitrogens is 4. The lowest BCUT2D eigenvalue weighted by Crippen LogP contribution is -2.45. The van der Waals surface area contributed by atoms with E-state index in [2.05, 4.69) is 25.7 Å². The zero-order chi connectivity index (χ0) is 20.6. The van der Waals surface area contributed by atoms with Crippen molar-refractivity contribution < 1.29 is 18.0 Å². The standard InChI is InChI=1S/C18H20F3N7O/c1-9-12-7-28(8-17(9,12)26-15(29)11-3-18(11,20)21)14-13(19)5-22-16(25-14)24-10-4-23-27(2)6-10/h4-6,9,11-12H,3,7-8H2,1-2H3,(H,26,29)(H,22,24,25)/t9-,11?,12+,17+/m0/s1. The van der Waals surface area contributed by atoms with Gasteiger partial charge in [-0.1, -0.05) is 6.92 Å². The maximum Gasteiger partial charge on any atom is 0.260 e. The van der Waals surface area contributed by atoms with Crippen LogP contribution in [0.2, 0.25) is 0 Å². The van der Waals surface area contributed by atoms with Crippen molar-refractivity contribution in [1.82, 2.24) is 25.1 Å². The second-order valence-electron chi connectivity index (χ2n) is 8.22. The number of amides is 1. The highest BCUT2D eigenvalue weighted by Gasteiger charge is 2.70. The minimum absolute atomic E-state index is 0.0721. The molecule has 2 saturated carbocycles. The predicted molar refractivity (Wildman–Crippen MR) is 97.3 cm³/mol. The van der Waals surface area contributed by atoms with Crippen LogP contribution in [0.4, 0.5) is 30.6 Å². The number of anilines is 3. The molecule has 1 aliphatic heterocycles. The Labute approximate surface area is 164 Å². The Bertz CT molecular complexity index is 996. The summed E-state index contributed by atoms with van der Waals surface area (Å²) in [6.45, 7) is 2.78. The largest absolute Gasteiger partial charge is 0.351 e. The van der Waals surface area contributed by atoms with Crippen LogP contribution in [0.15, 0.2) is 18.6 Å².